The molecule has 0 bridgehead atoms. The zero-order valence-corrected chi connectivity index (χ0v) is 19.6. The van der Waals surface area contributed by atoms with Crippen LogP contribution in [0.5, 0.6) is 0 Å². The Hall–Kier alpha value is -1.59. The maximum Gasteiger partial charge on any atom is 0.223 e. The van der Waals surface area contributed by atoms with Gasteiger partial charge in [-0.1, -0.05) is 37.6 Å². The van der Waals surface area contributed by atoms with Crippen molar-refractivity contribution in [3.8, 4) is 0 Å². The van der Waals surface area contributed by atoms with E-state index in [1.54, 1.807) is 6.92 Å². The molecule has 0 spiro atoms. The molecule has 0 saturated carbocycles. The highest BCUT2D eigenvalue weighted by Crippen LogP contribution is 2.29. The lowest BCUT2D eigenvalue weighted by Gasteiger charge is -2.46. The first-order chi connectivity index (χ1) is 14.3. The third kappa shape index (κ3) is 5.55. The van der Waals surface area contributed by atoms with Crippen LogP contribution in [0.2, 0.25) is 5.02 Å². The van der Waals surface area contributed by atoms with Gasteiger partial charge in [0.2, 0.25) is 11.8 Å². The number of piperidine rings is 1. The van der Waals surface area contributed by atoms with Crippen LogP contribution in [0.15, 0.2) is 24.3 Å². The van der Waals surface area contributed by atoms with Crippen LogP contribution in [0.4, 0.5) is 0 Å². The zero-order chi connectivity index (χ0) is 21.8. The summed E-state index contributed by atoms with van der Waals surface area (Å²) in [5.41, 5.74) is 1.26. The highest BCUT2D eigenvalue weighted by molar-refractivity contribution is 6.30. The summed E-state index contributed by atoms with van der Waals surface area (Å²) in [6, 6.07) is 8.63. The second-order valence-electron chi connectivity index (χ2n) is 9.27. The Morgan fingerprint density at radius 3 is 2.23 bits per heavy atom. The van der Waals surface area contributed by atoms with Crippen molar-refractivity contribution in [2.24, 2.45) is 11.8 Å². The number of amides is 2. The van der Waals surface area contributed by atoms with E-state index >= 15 is 0 Å². The Kier molecular flexibility index (Phi) is 7.81. The fourth-order valence-electron chi connectivity index (χ4n) is 4.83. The van der Waals surface area contributed by atoms with Gasteiger partial charge in [-0.05, 0) is 49.3 Å². The Bertz CT molecular complexity index is 728. The molecule has 2 fully saturated rings. The van der Waals surface area contributed by atoms with Crippen molar-refractivity contribution in [1.82, 2.24) is 14.7 Å². The predicted molar refractivity (Wildman–Crippen MR) is 121 cm³/mol. The summed E-state index contributed by atoms with van der Waals surface area (Å²) in [4.78, 5) is 31.2. The van der Waals surface area contributed by atoms with Gasteiger partial charge in [-0.3, -0.25) is 14.5 Å². The molecule has 6 heteroatoms. The predicted octanol–water partition coefficient (Wildman–Crippen LogP) is 4.22. The summed E-state index contributed by atoms with van der Waals surface area (Å²) in [7, 11) is 0. The lowest BCUT2D eigenvalue weighted by atomic mass is 9.91. The van der Waals surface area contributed by atoms with Gasteiger partial charge in [-0.25, -0.2) is 0 Å². The third-order valence-electron chi connectivity index (χ3n) is 6.96. The van der Waals surface area contributed by atoms with E-state index in [1.807, 2.05) is 17.0 Å². The van der Waals surface area contributed by atoms with Crippen LogP contribution in [-0.4, -0.2) is 65.3 Å². The van der Waals surface area contributed by atoms with Gasteiger partial charge in [0.25, 0.3) is 0 Å². The Morgan fingerprint density at radius 1 is 1.03 bits per heavy atom. The number of halogens is 1. The minimum absolute atomic E-state index is 0.144. The lowest BCUT2D eigenvalue weighted by Crippen LogP contribution is -2.57. The van der Waals surface area contributed by atoms with Crippen molar-refractivity contribution in [3.63, 3.8) is 0 Å². The fourth-order valence-corrected chi connectivity index (χ4v) is 4.96. The van der Waals surface area contributed by atoms with E-state index in [4.69, 9.17) is 11.6 Å². The smallest absolute Gasteiger partial charge is 0.223 e. The molecule has 0 aromatic heterocycles. The maximum atomic E-state index is 13.2. The van der Waals surface area contributed by atoms with E-state index in [0.717, 1.165) is 50.6 Å². The fraction of sp³-hybridized carbons (Fsp3) is 0.667. The van der Waals surface area contributed by atoms with E-state index < -0.39 is 0 Å². The van der Waals surface area contributed by atoms with Crippen molar-refractivity contribution < 1.29 is 9.59 Å². The molecule has 0 aliphatic carbocycles. The van der Waals surface area contributed by atoms with Crippen LogP contribution in [0.25, 0.3) is 0 Å². The van der Waals surface area contributed by atoms with Crippen molar-refractivity contribution in [1.29, 1.82) is 0 Å². The number of carbonyl (C=O) groups excluding carboxylic acids is 2. The quantitative estimate of drug-likeness (QED) is 0.698. The molecular weight excluding hydrogens is 398 g/mol. The monoisotopic (exact) mass is 433 g/mol. The van der Waals surface area contributed by atoms with Gasteiger partial charge in [-0.15, -0.1) is 0 Å². The molecule has 2 amide bonds. The van der Waals surface area contributed by atoms with Gasteiger partial charge >= 0.3 is 0 Å². The molecular formula is C24H36ClN3O2. The van der Waals surface area contributed by atoms with Crippen LogP contribution in [-0.2, 0) is 9.59 Å². The average Bonchev–Trinajstić information content (AvgIpc) is 2.73. The molecule has 1 aromatic rings. The number of carbonyl (C=O) groups is 2. The zero-order valence-electron chi connectivity index (χ0n) is 18.8. The summed E-state index contributed by atoms with van der Waals surface area (Å²) < 4.78 is 0. The van der Waals surface area contributed by atoms with E-state index in [9.17, 15) is 9.59 Å². The van der Waals surface area contributed by atoms with Crippen LogP contribution >= 0.6 is 11.6 Å². The van der Waals surface area contributed by atoms with Gasteiger partial charge in [0.1, 0.15) is 0 Å². The summed E-state index contributed by atoms with van der Waals surface area (Å²) in [6.45, 7) is 12.4. The lowest BCUT2D eigenvalue weighted by molar-refractivity contribution is -0.139. The van der Waals surface area contributed by atoms with Crippen LogP contribution < -0.4 is 0 Å². The molecule has 2 atom stereocenters. The molecule has 1 unspecified atom stereocenters. The summed E-state index contributed by atoms with van der Waals surface area (Å²) in [5, 5.41) is 0.760. The third-order valence-corrected chi connectivity index (χ3v) is 7.22. The minimum atomic E-state index is 0.144. The molecule has 3 rings (SSSR count). The van der Waals surface area contributed by atoms with E-state index in [2.05, 4.69) is 42.7 Å². The first kappa shape index (κ1) is 23.1. The number of benzene rings is 1. The molecule has 0 radical (unpaired) electrons. The average molecular weight is 434 g/mol. The molecule has 2 saturated heterocycles. The molecule has 5 nitrogen and oxygen atoms in total. The Balaban J connectivity index is 1.59. The van der Waals surface area contributed by atoms with Crippen LogP contribution in [0.1, 0.15) is 58.6 Å². The molecule has 166 valence electrons. The van der Waals surface area contributed by atoms with Gasteiger partial charge in [-0.2, -0.15) is 0 Å². The van der Waals surface area contributed by atoms with Crippen molar-refractivity contribution >= 4 is 23.4 Å². The summed E-state index contributed by atoms with van der Waals surface area (Å²) >= 11 is 6.05. The second-order valence-corrected chi connectivity index (χ2v) is 9.71. The molecule has 2 aliphatic heterocycles. The standard InChI is InChI=1S/C24H36ClN3O2/c1-17(2)23-16-27(18(3)21-5-7-22(25)8-6-21)13-14-28(23)24(30)15-20-9-11-26(12-10-20)19(4)29/h5-8,17-18,20,23H,9-16H2,1-4H3/t18?,23-/m1/s1. The van der Waals surface area contributed by atoms with E-state index in [0.29, 0.717) is 24.3 Å². The minimum Gasteiger partial charge on any atom is -0.343 e. The van der Waals surface area contributed by atoms with Gasteiger partial charge in [0, 0.05) is 63.2 Å². The molecule has 0 N–H and O–H groups in total. The SMILES string of the molecule is CC(=O)N1CCC(CC(=O)N2CCN(C(C)c3ccc(Cl)cc3)C[C@@H]2C(C)C)CC1. The van der Waals surface area contributed by atoms with Gasteiger partial charge < -0.3 is 9.80 Å². The number of nitrogens with zero attached hydrogens (tertiary/aromatic N) is 3. The number of likely N-dealkylation sites (tertiary alicyclic amines) is 1. The Morgan fingerprint density at radius 2 is 1.67 bits per heavy atom. The van der Waals surface area contributed by atoms with Crippen LogP contribution in [0.3, 0.4) is 0 Å². The van der Waals surface area contributed by atoms with Gasteiger partial charge in [0.05, 0.1) is 0 Å². The van der Waals surface area contributed by atoms with Crippen molar-refractivity contribution in [2.45, 2.75) is 59.0 Å². The van der Waals surface area contributed by atoms with Crippen LogP contribution in [0, 0.1) is 11.8 Å². The first-order valence-electron chi connectivity index (χ1n) is 11.3. The van der Waals surface area contributed by atoms with Gasteiger partial charge in [0.15, 0.2) is 0 Å². The van der Waals surface area contributed by atoms with Crippen molar-refractivity contribution in [2.75, 3.05) is 32.7 Å². The topological polar surface area (TPSA) is 43.9 Å². The second kappa shape index (κ2) is 10.1. The normalized spacial score (nSPS) is 22.4. The summed E-state index contributed by atoms with van der Waals surface area (Å²) in [5.74, 6) is 1.24. The summed E-state index contributed by atoms with van der Waals surface area (Å²) in [6.07, 6.45) is 2.48. The maximum absolute atomic E-state index is 13.2. The number of hydrogen-bond donors (Lipinski definition) is 0. The number of hydrogen-bond acceptors (Lipinski definition) is 3. The van der Waals surface area contributed by atoms with Crippen molar-refractivity contribution in [3.05, 3.63) is 34.9 Å². The first-order valence-corrected chi connectivity index (χ1v) is 11.7. The number of rotatable bonds is 5. The van der Waals surface area contributed by atoms with E-state index in [1.165, 1.54) is 5.56 Å². The Labute approximate surface area is 186 Å². The molecule has 2 aliphatic rings. The highest BCUT2D eigenvalue weighted by Gasteiger charge is 2.35. The molecule has 2 heterocycles. The largest absolute Gasteiger partial charge is 0.343 e. The van der Waals surface area contributed by atoms with E-state index in [-0.39, 0.29) is 17.9 Å². The highest BCUT2D eigenvalue weighted by atomic mass is 35.5. The molecule has 30 heavy (non-hydrogen) atoms. The molecule has 1 aromatic carbocycles. The number of piperazine rings is 1.